The highest BCUT2D eigenvalue weighted by Crippen LogP contribution is 2.04. The zero-order chi connectivity index (χ0) is 9.40. The highest BCUT2D eigenvalue weighted by molar-refractivity contribution is 7.99. The molecule has 12 heavy (non-hydrogen) atoms. The van der Waals surface area contributed by atoms with Gasteiger partial charge < -0.3 is 9.94 Å². The number of ether oxygens (including phenoxy) is 1. The van der Waals surface area contributed by atoms with Crippen LogP contribution in [-0.2, 0) is 9.53 Å². The van der Waals surface area contributed by atoms with Gasteiger partial charge in [-0.25, -0.2) is 0 Å². The topological polar surface area (TPSA) is 58.6 Å². The summed E-state index contributed by atoms with van der Waals surface area (Å²) in [6.07, 6.45) is 0. The molecule has 6 heteroatoms. The number of nitrogens with one attached hydrogen (secondary N) is 1. The molecule has 0 unspecified atom stereocenters. The molecule has 0 aromatic heterocycles. The normalized spacial score (nSPS) is 12.6. The molecule has 0 amide bonds. The smallest absolute Gasteiger partial charge is 0.326 e. The van der Waals surface area contributed by atoms with E-state index in [1.54, 1.807) is 0 Å². The lowest BCUT2D eigenvalue weighted by Crippen LogP contribution is -2.37. The Balaban J connectivity index is 3.60. The average molecular weight is 214 g/mol. The minimum atomic E-state index is -0.664. The van der Waals surface area contributed by atoms with Crippen LogP contribution in [0, 0.1) is 0 Å². The van der Waals surface area contributed by atoms with Crippen molar-refractivity contribution in [1.29, 1.82) is 0 Å². The number of methoxy groups -OCH3 is 1. The summed E-state index contributed by atoms with van der Waals surface area (Å²) in [7, 11) is 1.28. The molecular weight excluding hydrogens is 202 g/mol. The minimum absolute atomic E-state index is 0.454. The van der Waals surface area contributed by atoms with Crippen molar-refractivity contribution in [3.8, 4) is 0 Å². The standard InChI is InChI=1S/C6H12ClNO3S/c1-11-6(9)5(8-10)4-12-3-2-7/h5,8,10H,2-4H2,1H3/t5-/m0/s1. The summed E-state index contributed by atoms with van der Waals surface area (Å²) in [5, 5.41) is 8.53. The predicted molar refractivity (Wildman–Crippen MR) is 48.8 cm³/mol. The summed E-state index contributed by atoms with van der Waals surface area (Å²) in [6.45, 7) is 0. The van der Waals surface area contributed by atoms with Crippen LogP contribution in [0.25, 0.3) is 0 Å². The van der Waals surface area contributed by atoms with E-state index in [2.05, 4.69) is 4.74 Å². The molecule has 0 aliphatic carbocycles. The van der Waals surface area contributed by atoms with Gasteiger partial charge in [-0.1, -0.05) is 0 Å². The molecule has 0 bridgehead atoms. The largest absolute Gasteiger partial charge is 0.468 e. The fraction of sp³-hybridized carbons (Fsp3) is 0.833. The van der Waals surface area contributed by atoms with E-state index >= 15 is 0 Å². The second-order valence-electron chi connectivity index (χ2n) is 1.97. The van der Waals surface area contributed by atoms with Gasteiger partial charge in [-0.3, -0.25) is 4.79 Å². The Bertz CT molecular complexity index is 136. The van der Waals surface area contributed by atoms with Gasteiger partial charge in [-0.2, -0.15) is 17.2 Å². The molecule has 0 heterocycles. The molecule has 0 aromatic carbocycles. The molecule has 0 saturated heterocycles. The molecule has 0 aliphatic rings. The van der Waals surface area contributed by atoms with Gasteiger partial charge in [0, 0.05) is 17.4 Å². The van der Waals surface area contributed by atoms with Gasteiger partial charge in [0.2, 0.25) is 0 Å². The van der Waals surface area contributed by atoms with Crippen LogP contribution in [0.15, 0.2) is 0 Å². The van der Waals surface area contributed by atoms with Crippen LogP contribution in [0.1, 0.15) is 0 Å². The van der Waals surface area contributed by atoms with Crippen molar-refractivity contribution in [3.63, 3.8) is 0 Å². The first kappa shape index (κ1) is 12.0. The first-order valence-electron chi connectivity index (χ1n) is 3.37. The van der Waals surface area contributed by atoms with E-state index in [9.17, 15) is 4.79 Å². The third-order valence-corrected chi connectivity index (χ3v) is 2.62. The van der Waals surface area contributed by atoms with E-state index in [0.29, 0.717) is 11.6 Å². The minimum Gasteiger partial charge on any atom is -0.468 e. The summed E-state index contributed by atoms with van der Waals surface area (Å²) in [5.74, 6) is 1.26. The van der Waals surface area contributed by atoms with E-state index < -0.39 is 12.0 Å². The van der Waals surface area contributed by atoms with Gasteiger partial charge in [-0.05, 0) is 0 Å². The summed E-state index contributed by atoms with van der Waals surface area (Å²) in [4.78, 5) is 10.8. The summed E-state index contributed by atoms with van der Waals surface area (Å²) in [5.41, 5.74) is 1.87. The van der Waals surface area contributed by atoms with Gasteiger partial charge >= 0.3 is 5.97 Å². The number of hydrogen-bond acceptors (Lipinski definition) is 5. The molecule has 0 aliphatic heterocycles. The third-order valence-electron chi connectivity index (χ3n) is 1.15. The maximum Gasteiger partial charge on any atom is 0.326 e. The molecule has 0 rings (SSSR count). The Morgan fingerprint density at radius 1 is 1.83 bits per heavy atom. The molecule has 4 nitrogen and oxygen atoms in total. The number of hydroxylamine groups is 1. The zero-order valence-electron chi connectivity index (χ0n) is 6.75. The number of alkyl halides is 1. The number of carbonyl (C=O) groups excluding carboxylic acids is 1. The molecule has 0 saturated carbocycles. The van der Waals surface area contributed by atoms with Crippen LogP contribution in [0.4, 0.5) is 0 Å². The van der Waals surface area contributed by atoms with E-state index in [-0.39, 0.29) is 0 Å². The van der Waals surface area contributed by atoms with E-state index in [1.165, 1.54) is 18.9 Å². The van der Waals surface area contributed by atoms with Crippen LogP contribution in [0.5, 0.6) is 0 Å². The Morgan fingerprint density at radius 2 is 2.50 bits per heavy atom. The number of carbonyl (C=O) groups is 1. The van der Waals surface area contributed by atoms with Crippen molar-refractivity contribution in [2.75, 3.05) is 24.5 Å². The quantitative estimate of drug-likeness (QED) is 0.291. The first-order valence-corrected chi connectivity index (χ1v) is 5.06. The fourth-order valence-corrected chi connectivity index (χ4v) is 1.61. The summed E-state index contributed by atoms with van der Waals surface area (Å²) >= 11 is 6.90. The third kappa shape index (κ3) is 4.82. The van der Waals surface area contributed by atoms with Crippen LogP contribution in [0.3, 0.4) is 0 Å². The van der Waals surface area contributed by atoms with Crippen molar-refractivity contribution < 1.29 is 14.7 Å². The second-order valence-corrected chi connectivity index (χ2v) is 3.50. The number of hydrogen-bond donors (Lipinski definition) is 2. The SMILES string of the molecule is COC(=O)[C@H](CSCCCl)NO. The zero-order valence-corrected chi connectivity index (χ0v) is 8.32. The van der Waals surface area contributed by atoms with Crippen molar-refractivity contribution in [2.45, 2.75) is 6.04 Å². The van der Waals surface area contributed by atoms with Crippen LogP contribution in [-0.4, -0.2) is 41.7 Å². The number of halogens is 1. The molecule has 2 N–H and O–H groups in total. The second kappa shape index (κ2) is 7.67. The van der Waals surface area contributed by atoms with Gasteiger partial charge in [0.05, 0.1) is 7.11 Å². The lowest BCUT2D eigenvalue weighted by atomic mass is 10.4. The van der Waals surface area contributed by atoms with Crippen LogP contribution >= 0.6 is 23.4 Å². The predicted octanol–water partition coefficient (Wildman–Crippen LogP) is 0.479. The fourth-order valence-electron chi connectivity index (χ4n) is 0.556. The summed E-state index contributed by atoms with van der Waals surface area (Å²) < 4.78 is 4.43. The molecule has 72 valence electrons. The average Bonchev–Trinajstić information content (AvgIpc) is 2.11. The molecule has 0 aromatic rings. The Labute approximate surface area is 80.6 Å². The maximum absolute atomic E-state index is 10.8. The number of rotatable bonds is 6. The number of esters is 1. The van der Waals surface area contributed by atoms with Crippen LogP contribution < -0.4 is 5.48 Å². The van der Waals surface area contributed by atoms with E-state index in [0.717, 1.165) is 5.75 Å². The molecule has 0 radical (unpaired) electrons. The van der Waals surface area contributed by atoms with Crippen molar-refractivity contribution in [1.82, 2.24) is 5.48 Å². The highest BCUT2D eigenvalue weighted by Gasteiger charge is 2.17. The molecule has 0 fully saturated rings. The molecule has 0 spiro atoms. The lowest BCUT2D eigenvalue weighted by Gasteiger charge is -2.10. The van der Waals surface area contributed by atoms with Crippen molar-refractivity contribution >= 4 is 29.3 Å². The van der Waals surface area contributed by atoms with Crippen molar-refractivity contribution in [3.05, 3.63) is 0 Å². The van der Waals surface area contributed by atoms with Crippen LogP contribution in [0.2, 0.25) is 0 Å². The Hall–Kier alpha value is 0.0300. The number of thioether (sulfide) groups is 1. The molecule has 1 atom stereocenters. The van der Waals surface area contributed by atoms with Gasteiger partial charge in [0.25, 0.3) is 0 Å². The Morgan fingerprint density at radius 3 is 2.92 bits per heavy atom. The van der Waals surface area contributed by atoms with E-state index in [4.69, 9.17) is 16.8 Å². The van der Waals surface area contributed by atoms with Gasteiger partial charge in [0.15, 0.2) is 0 Å². The van der Waals surface area contributed by atoms with Crippen molar-refractivity contribution in [2.24, 2.45) is 0 Å². The van der Waals surface area contributed by atoms with Gasteiger partial charge in [0.1, 0.15) is 6.04 Å². The van der Waals surface area contributed by atoms with Gasteiger partial charge in [-0.15, -0.1) is 11.6 Å². The highest BCUT2D eigenvalue weighted by atomic mass is 35.5. The van der Waals surface area contributed by atoms with E-state index in [1.807, 2.05) is 5.48 Å². The Kier molecular flexibility index (Phi) is 7.69. The first-order chi connectivity index (χ1) is 5.76. The molecular formula is C6H12ClNO3S. The summed E-state index contributed by atoms with van der Waals surface area (Å²) in [6, 6.07) is -0.664. The lowest BCUT2D eigenvalue weighted by molar-refractivity contribution is -0.145. The monoisotopic (exact) mass is 213 g/mol. The maximum atomic E-state index is 10.8.